The first-order valence-corrected chi connectivity index (χ1v) is 4.39. The van der Waals surface area contributed by atoms with E-state index in [1.54, 1.807) is 7.11 Å². The lowest BCUT2D eigenvalue weighted by Gasteiger charge is -2.00. The van der Waals surface area contributed by atoms with Crippen LogP contribution < -0.4 is 4.74 Å². The number of nitrogens with zero attached hydrogens (tertiary/aromatic N) is 1. The number of benzene rings is 1. The molecule has 1 aromatic heterocycles. The predicted molar refractivity (Wildman–Crippen MR) is 53.9 cm³/mol. The summed E-state index contributed by atoms with van der Waals surface area (Å²) in [4.78, 5) is 10.6. The van der Waals surface area contributed by atoms with E-state index < -0.39 is 0 Å². The van der Waals surface area contributed by atoms with Gasteiger partial charge >= 0.3 is 0 Å². The summed E-state index contributed by atoms with van der Waals surface area (Å²) in [5.74, 6) is 1.00. The molecule has 0 aliphatic carbocycles. The van der Waals surface area contributed by atoms with Crippen molar-refractivity contribution in [2.75, 3.05) is 7.11 Å². The zero-order valence-electron chi connectivity index (χ0n) is 8.14. The number of ether oxygens (including phenoxy) is 1. The van der Waals surface area contributed by atoms with Crippen LogP contribution >= 0.6 is 0 Å². The molecule has 1 heterocycles. The second-order valence-corrected chi connectivity index (χ2v) is 2.95. The molecule has 15 heavy (non-hydrogen) atoms. The van der Waals surface area contributed by atoms with Gasteiger partial charge in [-0.2, -0.15) is 0 Å². The maximum atomic E-state index is 10.6. The molecule has 2 rings (SSSR count). The number of carbonyl (C=O) groups is 1. The highest BCUT2D eigenvalue weighted by molar-refractivity contribution is 5.83. The average molecular weight is 203 g/mol. The van der Waals surface area contributed by atoms with Gasteiger partial charge in [0.15, 0.2) is 6.29 Å². The van der Waals surface area contributed by atoms with Crippen molar-refractivity contribution in [2.45, 2.75) is 0 Å². The number of aldehydes is 1. The van der Waals surface area contributed by atoms with Crippen molar-refractivity contribution < 1.29 is 14.1 Å². The van der Waals surface area contributed by atoms with Crippen LogP contribution in [-0.2, 0) is 0 Å². The first-order chi connectivity index (χ1) is 7.35. The van der Waals surface area contributed by atoms with E-state index in [0.29, 0.717) is 11.8 Å². The molecule has 0 atom stereocenters. The van der Waals surface area contributed by atoms with Gasteiger partial charge in [-0.1, -0.05) is 17.3 Å². The van der Waals surface area contributed by atoms with Gasteiger partial charge in [-0.05, 0) is 17.7 Å². The van der Waals surface area contributed by atoms with Crippen LogP contribution in [-0.4, -0.2) is 18.6 Å². The van der Waals surface area contributed by atoms with Gasteiger partial charge in [0, 0.05) is 0 Å². The highest BCUT2D eigenvalue weighted by atomic mass is 16.5. The summed E-state index contributed by atoms with van der Waals surface area (Å²) < 4.78 is 9.81. The molecule has 4 nitrogen and oxygen atoms in total. The highest BCUT2D eigenvalue weighted by Crippen LogP contribution is 2.24. The Morgan fingerprint density at radius 2 is 2.07 bits per heavy atom. The zero-order chi connectivity index (χ0) is 10.7. The van der Waals surface area contributed by atoms with Crippen molar-refractivity contribution in [3.63, 3.8) is 0 Å². The zero-order valence-corrected chi connectivity index (χ0v) is 8.14. The van der Waals surface area contributed by atoms with Crippen LogP contribution in [0.1, 0.15) is 10.6 Å². The molecule has 0 bridgehead atoms. The van der Waals surface area contributed by atoms with E-state index in [1.807, 2.05) is 24.3 Å². The van der Waals surface area contributed by atoms with Gasteiger partial charge in [0.25, 0.3) is 0 Å². The van der Waals surface area contributed by atoms with Crippen LogP contribution in [0.25, 0.3) is 11.1 Å². The number of hydrogen-bond donors (Lipinski definition) is 0. The maximum absolute atomic E-state index is 10.6. The van der Waals surface area contributed by atoms with Crippen LogP contribution in [0.3, 0.4) is 0 Å². The summed E-state index contributed by atoms with van der Waals surface area (Å²) >= 11 is 0. The van der Waals surface area contributed by atoms with Crippen LogP contribution in [0.4, 0.5) is 0 Å². The molecule has 0 aliphatic rings. The highest BCUT2D eigenvalue weighted by Gasteiger charge is 2.08. The monoisotopic (exact) mass is 203 g/mol. The summed E-state index contributed by atoms with van der Waals surface area (Å²) in [6.45, 7) is 0. The van der Waals surface area contributed by atoms with Crippen LogP contribution in [0.2, 0.25) is 0 Å². The molecule has 0 spiro atoms. The molecule has 0 unspecified atom stereocenters. The summed E-state index contributed by atoms with van der Waals surface area (Å²) in [5, 5.41) is 3.57. The third kappa shape index (κ3) is 1.74. The molecular weight excluding hydrogens is 194 g/mol. The molecule has 1 aromatic carbocycles. The van der Waals surface area contributed by atoms with Crippen molar-refractivity contribution in [2.24, 2.45) is 0 Å². The van der Waals surface area contributed by atoms with Crippen LogP contribution in [0.5, 0.6) is 5.75 Å². The first-order valence-electron chi connectivity index (χ1n) is 4.39. The maximum Gasteiger partial charge on any atom is 0.207 e. The van der Waals surface area contributed by atoms with Gasteiger partial charge in [-0.25, -0.2) is 0 Å². The smallest absolute Gasteiger partial charge is 0.207 e. The lowest BCUT2D eigenvalue weighted by atomic mass is 10.1. The SMILES string of the molecule is COc1ccc(-c2cnoc2C=O)cc1. The quantitative estimate of drug-likeness (QED) is 0.717. The Balaban J connectivity index is 2.41. The molecule has 0 saturated heterocycles. The van der Waals surface area contributed by atoms with Crippen molar-refractivity contribution in [3.8, 4) is 16.9 Å². The molecule has 0 aliphatic heterocycles. The third-order valence-electron chi connectivity index (χ3n) is 2.11. The first kappa shape index (κ1) is 9.45. The van der Waals surface area contributed by atoms with E-state index in [0.717, 1.165) is 11.3 Å². The molecule has 0 radical (unpaired) electrons. The van der Waals surface area contributed by atoms with E-state index in [-0.39, 0.29) is 5.76 Å². The predicted octanol–water partition coefficient (Wildman–Crippen LogP) is 2.16. The van der Waals surface area contributed by atoms with E-state index in [1.165, 1.54) is 6.20 Å². The molecular formula is C11H9NO3. The number of rotatable bonds is 3. The minimum Gasteiger partial charge on any atom is -0.497 e. The molecule has 0 fully saturated rings. The lowest BCUT2D eigenvalue weighted by molar-refractivity contribution is 0.109. The lowest BCUT2D eigenvalue weighted by Crippen LogP contribution is -1.84. The van der Waals surface area contributed by atoms with Gasteiger partial charge in [-0.3, -0.25) is 4.79 Å². The van der Waals surface area contributed by atoms with E-state index in [9.17, 15) is 4.79 Å². The second kappa shape index (κ2) is 3.96. The fraction of sp³-hybridized carbons (Fsp3) is 0.0909. The van der Waals surface area contributed by atoms with E-state index in [4.69, 9.17) is 9.26 Å². The van der Waals surface area contributed by atoms with E-state index in [2.05, 4.69) is 5.16 Å². The number of aromatic nitrogens is 1. The Kier molecular flexibility index (Phi) is 2.49. The van der Waals surface area contributed by atoms with Crippen molar-refractivity contribution in [1.82, 2.24) is 5.16 Å². The third-order valence-corrected chi connectivity index (χ3v) is 2.11. The number of hydrogen-bond acceptors (Lipinski definition) is 4. The molecule has 2 aromatic rings. The summed E-state index contributed by atoms with van der Waals surface area (Å²) in [7, 11) is 1.60. The van der Waals surface area contributed by atoms with Gasteiger partial charge in [0.05, 0.1) is 18.9 Å². The minimum atomic E-state index is 0.236. The van der Waals surface area contributed by atoms with Crippen molar-refractivity contribution in [1.29, 1.82) is 0 Å². The Hall–Kier alpha value is -2.10. The largest absolute Gasteiger partial charge is 0.497 e. The number of carbonyl (C=O) groups excluding carboxylic acids is 1. The van der Waals surface area contributed by atoms with Crippen molar-refractivity contribution in [3.05, 3.63) is 36.2 Å². The fourth-order valence-corrected chi connectivity index (χ4v) is 1.32. The van der Waals surface area contributed by atoms with Gasteiger partial charge in [0.1, 0.15) is 5.75 Å². The molecule has 0 N–H and O–H groups in total. The Morgan fingerprint density at radius 3 is 2.67 bits per heavy atom. The Morgan fingerprint density at radius 1 is 1.33 bits per heavy atom. The van der Waals surface area contributed by atoms with Crippen LogP contribution in [0, 0.1) is 0 Å². The van der Waals surface area contributed by atoms with E-state index >= 15 is 0 Å². The van der Waals surface area contributed by atoms with Crippen LogP contribution in [0.15, 0.2) is 35.0 Å². The topological polar surface area (TPSA) is 52.3 Å². The normalized spacial score (nSPS) is 9.93. The molecule has 76 valence electrons. The summed E-state index contributed by atoms with van der Waals surface area (Å²) in [6, 6.07) is 7.32. The fourth-order valence-electron chi connectivity index (χ4n) is 1.32. The standard InChI is InChI=1S/C11H9NO3/c1-14-9-4-2-8(3-5-9)10-6-12-15-11(10)7-13/h2-7H,1H3. The second-order valence-electron chi connectivity index (χ2n) is 2.95. The molecule has 4 heteroatoms. The Bertz CT molecular complexity index is 459. The summed E-state index contributed by atoms with van der Waals surface area (Å²) in [6.07, 6.45) is 2.16. The van der Waals surface area contributed by atoms with Gasteiger partial charge < -0.3 is 9.26 Å². The van der Waals surface area contributed by atoms with Gasteiger partial charge in [-0.15, -0.1) is 0 Å². The average Bonchev–Trinajstić information content (AvgIpc) is 2.77. The molecule has 0 saturated carbocycles. The minimum absolute atomic E-state index is 0.236. The molecule has 0 amide bonds. The van der Waals surface area contributed by atoms with Crippen molar-refractivity contribution >= 4 is 6.29 Å². The Labute approximate surface area is 86.5 Å². The number of methoxy groups -OCH3 is 1. The summed E-state index contributed by atoms with van der Waals surface area (Å²) in [5.41, 5.74) is 1.56. The van der Waals surface area contributed by atoms with Gasteiger partial charge in [0.2, 0.25) is 5.76 Å².